The van der Waals surface area contributed by atoms with E-state index in [2.05, 4.69) is 5.32 Å². The summed E-state index contributed by atoms with van der Waals surface area (Å²) in [4.78, 5) is 37.2. The highest BCUT2D eigenvalue weighted by atomic mass is 32.2. The van der Waals surface area contributed by atoms with Gasteiger partial charge in [0.05, 0.1) is 16.9 Å². The summed E-state index contributed by atoms with van der Waals surface area (Å²) < 4.78 is 39.8. The molecule has 178 valence electrons. The molecule has 0 spiro atoms. The molecule has 0 aliphatic heterocycles. The fourth-order valence-corrected chi connectivity index (χ4v) is 3.93. The molecule has 0 aliphatic carbocycles. The number of amides is 2. The molecule has 12 heteroatoms. The maximum atomic E-state index is 14.3. The van der Waals surface area contributed by atoms with Crippen LogP contribution in [0.3, 0.4) is 0 Å². The van der Waals surface area contributed by atoms with Gasteiger partial charge in [0.15, 0.2) is 0 Å². The molecule has 0 saturated carbocycles. The van der Waals surface area contributed by atoms with E-state index in [-0.39, 0.29) is 23.5 Å². The van der Waals surface area contributed by atoms with Crippen LogP contribution in [0.25, 0.3) is 0 Å². The van der Waals surface area contributed by atoms with Crippen LogP contribution >= 0.6 is 0 Å². The molecule has 0 saturated heterocycles. The molecule has 2 amide bonds. The van der Waals surface area contributed by atoms with Crippen LogP contribution < -0.4 is 9.62 Å². The van der Waals surface area contributed by atoms with Gasteiger partial charge in [0.2, 0.25) is 21.8 Å². The zero-order valence-electron chi connectivity index (χ0n) is 18.4. The molecule has 0 bridgehead atoms. The van der Waals surface area contributed by atoms with Gasteiger partial charge in [-0.25, -0.2) is 12.8 Å². The van der Waals surface area contributed by atoms with Crippen molar-refractivity contribution in [2.45, 2.75) is 26.4 Å². The summed E-state index contributed by atoms with van der Waals surface area (Å²) in [5, 5.41) is 13.7. The number of carbonyl (C=O) groups excluding carboxylic acids is 2. The molecule has 2 rings (SSSR count). The van der Waals surface area contributed by atoms with Crippen molar-refractivity contribution in [3.8, 4) is 0 Å². The van der Waals surface area contributed by atoms with E-state index in [0.29, 0.717) is 10.8 Å². The summed E-state index contributed by atoms with van der Waals surface area (Å²) >= 11 is 0. The molecule has 1 N–H and O–H groups in total. The molecule has 0 aromatic heterocycles. The Morgan fingerprint density at radius 2 is 1.85 bits per heavy atom. The van der Waals surface area contributed by atoms with Gasteiger partial charge in [-0.05, 0) is 26.0 Å². The second-order valence-corrected chi connectivity index (χ2v) is 9.14. The van der Waals surface area contributed by atoms with Crippen molar-refractivity contribution in [2.24, 2.45) is 0 Å². The van der Waals surface area contributed by atoms with Gasteiger partial charge in [-0.2, -0.15) is 0 Å². The smallest absolute Gasteiger partial charge is 0.271 e. The van der Waals surface area contributed by atoms with E-state index in [1.54, 1.807) is 13.0 Å². The van der Waals surface area contributed by atoms with E-state index in [4.69, 9.17) is 0 Å². The zero-order valence-corrected chi connectivity index (χ0v) is 19.2. The number of likely N-dealkylation sites (N-methyl/N-ethyl adjacent to an activating group) is 1. The van der Waals surface area contributed by atoms with Crippen LogP contribution in [0.4, 0.5) is 15.8 Å². The number of anilines is 1. The van der Waals surface area contributed by atoms with Crippen LogP contribution in [-0.2, 0) is 26.2 Å². The van der Waals surface area contributed by atoms with E-state index in [0.717, 1.165) is 17.2 Å². The maximum absolute atomic E-state index is 14.3. The lowest BCUT2D eigenvalue weighted by molar-refractivity contribution is -0.384. The van der Waals surface area contributed by atoms with Crippen LogP contribution in [0, 0.1) is 15.9 Å². The Morgan fingerprint density at radius 3 is 2.42 bits per heavy atom. The Balaban J connectivity index is 2.44. The van der Waals surface area contributed by atoms with Gasteiger partial charge >= 0.3 is 0 Å². The SMILES string of the molecule is CCNC(=O)[C@H](C)N(Cc1ccccc1F)C(=O)CN(c1cccc([N+](=O)[O-])c1)S(C)(=O)=O. The second-order valence-electron chi connectivity index (χ2n) is 7.23. The topological polar surface area (TPSA) is 130 Å². The minimum Gasteiger partial charge on any atom is -0.355 e. The van der Waals surface area contributed by atoms with Gasteiger partial charge in [0.25, 0.3) is 5.69 Å². The number of nitrogens with zero attached hydrogens (tertiary/aromatic N) is 3. The summed E-state index contributed by atoms with van der Waals surface area (Å²) in [5.41, 5.74) is -0.299. The van der Waals surface area contributed by atoms with E-state index in [1.165, 1.54) is 43.3 Å². The number of nitrogens with one attached hydrogen (secondary N) is 1. The minimum absolute atomic E-state index is 0.0865. The molecule has 10 nitrogen and oxygen atoms in total. The van der Waals surface area contributed by atoms with Crippen LogP contribution in [0.2, 0.25) is 0 Å². The summed E-state index contributed by atoms with van der Waals surface area (Å²) in [6, 6.07) is 9.51. The van der Waals surface area contributed by atoms with Crippen molar-refractivity contribution in [1.29, 1.82) is 0 Å². The first kappa shape index (κ1) is 25.7. The number of carbonyl (C=O) groups is 2. The van der Waals surface area contributed by atoms with E-state index in [9.17, 15) is 32.5 Å². The number of hydrogen-bond acceptors (Lipinski definition) is 6. The average molecular weight is 481 g/mol. The van der Waals surface area contributed by atoms with E-state index in [1.807, 2.05) is 0 Å². The van der Waals surface area contributed by atoms with Crippen molar-refractivity contribution in [1.82, 2.24) is 10.2 Å². The van der Waals surface area contributed by atoms with Crippen molar-refractivity contribution in [2.75, 3.05) is 23.7 Å². The molecule has 0 heterocycles. The number of halogens is 1. The Labute approximate surface area is 191 Å². The van der Waals surface area contributed by atoms with Gasteiger partial charge in [-0.3, -0.25) is 24.0 Å². The fraction of sp³-hybridized carbons (Fsp3) is 0.333. The minimum atomic E-state index is -4.04. The quantitative estimate of drug-likeness (QED) is 0.409. The molecule has 1 atom stereocenters. The van der Waals surface area contributed by atoms with Gasteiger partial charge in [-0.1, -0.05) is 24.3 Å². The van der Waals surface area contributed by atoms with E-state index >= 15 is 0 Å². The Kier molecular flexibility index (Phi) is 8.46. The summed E-state index contributed by atoms with van der Waals surface area (Å²) in [6.07, 6.45) is 0.855. The third-order valence-electron chi connectivity index (χ3n) is 4.82. The monoisotopic (exact) mass is 480 g/mol. The first-order valence-electron chi connectivity index (χ1n) is 9.98. The number of sulfonamides is 1. The molecule has 0 fully saturated rings. The highest BCUT2D eigenvalue weighted by molar-refractivity contribution is 7.92. The number of non-ortho nitro benzene ring substituents is 1. The molecule has 33 heavy (non-hydrogen) atoms. The first-order valence-corrected chi connectivity index (χ1v) is 11.8. The molecule has 0 unspecified atom stereocenters. The largest absolute Gasteiger partial charge is 0.355 e. The van der Waals surface area contributed by atoms with Crippen LogP contribution in [0.15, 0.2) is 48.5 Å². The highest BCUT2D eigenvalue weighted by Gasteiger charge is 2.30. The number of benzene rings is 2. The lowest BCUT2D eigenvalue weighted by Crippen LogP contribution is -2.51. The first-order chi connectivity index (χ1) is 15.5. The fourth-order valence-electron chi connectivity index (χ4n) is 3.09. The van der Waals surface area contributed by atoms with Crippen molar-refractivity contribution in [3.05, 3.63) is 70.0 Å². The normalized spacial score (nSPS) is 12.0. The van der Waals surface area contributed by atoms with Gasteiger partial charge < -0.3 is 10.2 Å². The van der Waals surface area contributed by atoms with Crippen molar-refractivity contribution >= 4 is 33.2 Å². The molecular weight excluding hydrogens is 455 g/mol. The Bertz CT molecular complexity index is 1140. The number of hydrogen-bond donors (Lipinski definition) is 1. The molecule has 0 aliphatic rings. The van der Waals surface area contributed by atoms with Gasteiger partial charge in [0.1, 0.15) is 18.4 Å². The van der Waals surface area contributed by atoms with Crippen LogP contribution in [0.1, 0.15) is 19.4 Å². The van der Waals surface area contributed by atoms with Crippen LogP contribution in [-0.4, -0.2) is 55.4 Å². The van der Waals surface area contributed by atoms with Crippen molar-refractivity contribution in [3.63, 3.8) is 0 Å². The molecule has 2 aromatic rings. The summed E-state index contributed by atoms with van der Waals surface area (Å²) in [7, 11) is -4.04. The second kappa shape index (κ2) is 10.9. The Morgan fingerprint density at radius 1 is 1.18 bits per heavy atom. The third kappa shape index (κ3) is 6.72. The molecular formula is C21H25FN4O6S. The maximum Gasteiger partial charge on any atom is 0.271 e. The zero-order chi connectivity index (χ0) is 24.8. The van der Waals surface area contributed by atoms with Gasteiger partial charge in [0, 0.05) is 30.8 Å². The number of nitro benzene ring substituents is 1. The van der Waals surface area contributed by atoms with Crippen molar-refractivity contribution < 1.29 is 27.3 Å². The highest BCUT2D eigenvalue weighted by Crippen LogP contribution is 2.24. The Hall–Kier alpha value is -3.54. The third-order valence-corrected chi connectivity index (χ3v) is 5.97. The predicted molar refractivity (Wildman–Crippen MR) is 120 cm³/mol. The lowest BCUT2D eigenvalue weighted by atomic mass is 10.1. The molecule has 0 radical (unpaired) electrons. The standard InChI is InChI=1S/C21H25FN4O6S/c1-4-23-21(28)15(2)24(13-16-8-5-6-11-19(16)22)20(27)14-25(33(3,31)32)17-9-7-10-18(12-17)26(29)30/h5-12,15H,4,13-14H2,1-3H3,(H,23,28)/t15-/m0/s1. The van der Waals surface area contributed by atoms with Crippen LogP contribution in [0.5, 0.6) is 0 Å². The molecule has 2 aromatic carbocycles. The predicted octanol–water partition coefficient (Wildman–Crippen LogP) is 2.05. The number of nitro groups is 1. The lowest BCUT2D eigenvalue weighted by Gasteiger charge is -2.31. The van der Waals surface area contributed by atoms with E-state index < -0.39 is 45.2 Å². The number of rotatable bonds is 10. The summed E-state index contributed by atoms with van der Waals surface area (Å²) in [5.74, 6) is -1.87. The van der Waals surface area contributed by atoms with Gasteiger partial charge in [-0.15, -0.1) is 0 Å². The average Bonchev–Trinajstić information content (AvgIpc) is 2.75. The summed E-state index contributed by atoms with van der Waals surface area (Å²) in [6.45, 7) is 2.42.